The highest BCUT2D eigenvalue weighted by Gasteiger charge is 2.56. The molecule has 0 saturated carbocycles. The Labute approximate surface area is 118 Å². The minimum atomic E-state index is -0.846. The third kappa shape index (κ3) is 3.42. The van der Waals surface area contributed by atoms with Crippen molar-refractivity contribution in [3.63, 3.8) is 0 Å². The fraction of sp³-hybridized carbons (Fsp3) is 0.846. The fourth-order valence-electron chi connectivity index (χ4n) is 2.43. The number of esters is 2. The highest BCUT2D eigenvalue weighted by molar-refractivity contribution is 8.02. The Morgan fingerprint density at radius 3 is 2.11 bits per heavy atom. The molecule has 1 fully saturated rings. The molecule has 1 aliphatic heterocycles. The average molecular weight is 289 g/mol. The van der Waals surface area contributed by atoms with Crippen molar-refractivity contribution < 1.29 is 19.1 Å². The molecule has 0 aromatic heterocycles. The largest absolute Gasteiger partial charge is 0.468 e. The standard InChI is InChI=1S/C13H23NO4S/c1-11(2,3)19-13(10(16)18-6)7-12(4,14-8-13)9(15)17-5/h14H,7-8H2,1-6H3/t12-,13+/m0/s1. The van der Waals surface area contributed by atoms with E-state index in [0.29, 0.717) is 13.0 Å². The van der Waals surface area contributed by atoms with Gasteiger partial charge >= 0.3 is 11.9 Å². The number of methoxy groups -OCH3 is 2. The van der Waals surface area contributed by atoms with Crippen molar-refractivity contribution in [2.75, 3.05) is 20.8 Å². The van der Waals surface area contributed by atoms with E-state index in [1.165, 1.54) is 26.0 Å². The quantitative estimate of drug-likeness (QED) is 0.791. The minimum absolute atomic E-state index is 0.114. The Balaban J connectivity index is 3.04. The lowest BCUT2D eigenvalue weighted by molar-refractivity contribution is -0.147. The number of hydrogen-bond donors (Lipinski definition) is 1. The second kappa shape index (κ2) is 5.32. The first-order chi connectivity index (χ1) is 8.58. The molecule has 0 radical (unpaired) electrons. The van der Waals surface area contributed by atoms with Crippen molar-refractivity contribution in [3.05, 3.63) is 0 Å². The molecule has 2 atom stereocenters. The lowest BCUT2D eigenvalue weighted by atomic mass is 9.94. The van der Waals surface area contributed by atoms with Crippen LogP contribution < -0.4 is 5.32 Å². The van der Waals surface area contributed by atoms with Gasteiger partial charge in [-0.05, 0) is 6.92 Å². The highest BCUT2D eigenvalue weighted by Crippen LogP contribution is 2.45. The van der Waals surface area contributed by atoms with Crippen molar-refractivity contribution in [3.8, 4) is 0 Å². The minimum Gasteiger partial charge on any atom is -0.468 e. The Kier molecular flexibility index (Phi) is 4.57. The van der Waals surface area contributed by atoms with Gasteiger partial charge in [0.25, 0.3) is 0 Å². The number of ether oxygens (including phenoxy) is 2. The van der Waals surface area contributed by atoms with E-state index in [-0.39, 0.29) is 16.7 Å². The summed E-state index contributed by atoms with van der Waals surface area (Å²) < 4.78 is 8.88. The van der Waals surface area contributed by atoms with E-state index < -0.39 is 10.3 Å². The van der Waals surface area contributed by atoms with Crippen LogP contribution >= 0.6 is 11.8 Å². The predicted octanol–water partition coefficient (Wildman–Crippen LogP) is 1.35. The monoisotopic (exact) mass is 289 g/mol. The van der Waals surface area contributed by atoms with Crippen LogP contribution in [0.5, 0.6) is 0 Å². The van der Waals surface area contributed by atoms with Crippen LogP contribution in [0.1, 0.15) is 34.1 Å². The molecule has 0 aromatic rings. The molecule has 110 valence electrons. The van der Waals surface area contributed by atoms with Crippen LogP contribution in [0.25, 0.3) is 0 Å². The van der Waals surface area contributed by atoms with Crippen LogP contribution in [0.4, 0.5) is 0 Å². The molecule has 0 spiro atoms. The van der Waals surface area contributed by atoms with Crippen molar-refractivity contribution in [2.24, 2.45) is 0 Å². The third-order valence-corrected chi connectivity index (χ3v) is 4.56. The zero-order chi connectivity index (χ0) is 14.9. The molecular formula is C13H23NO4S. The molecule has 0 amide bonds. The van der Waals surface area contributed by atoms with E-state index in [1.807, 2.05) is 20.8 Å². The summed E-state index contributed by atoms with van der Waals surface area (Å²) in [6.45, 7) is 8.27. The van der Waals surface area contributed by atoms with Gasteiger partial charge in [0, 0.05) is 17.7 Å². The topological polar surface area (TPSA) is 64.6 Å². The molecule has 1 rings (SSSR count). The van der Waals surface area contributed by atoms with Gasteiger partial charge in [0.2, 0.25) is 0 Å². The van der Waals surface area contributed by atoms with E-state index in [2.05, 4.69) is 5.32 Å². The lowest BCUT2D eigenvalue weighted by Crippen LogP contribution is -2.45. The van der Waals surface area contributed by atoms with Crippen LogP contribution in [-0.2, 0) is 19.1 Å². The van der Waals surface area contributed by atoms with Crippen molar-refractivity contribution >= 4 is 23.7 Å². The summed E-state index contributed by atoms with van der Waals surface area (Å²) in [4.78, 5) is 24.0. The second-order valence-electron chi connectivity index (χ2n) is 6.05. The van der Waals surface area contributed by atoms with Gasteiger partial charge in [0.05, 0.1) is 14.2 Å². The third-order valence-electron chi connectivity index (χ3n) is 3.10. The summed E-state index contributed by atoms with van der Waals surface area (Å²) in [5.41, 5.74) is -0.846. The molecular weight excluding hydrogens is 266 g/mol. The van der Waals surface area contributed by atoms with E-state index >= 15 is 0 Å². The second-order valence-corrected chi connectivity index (χ2v) is 8.26. The predicted molar refractivity (Wildman–Crippen MR) is 75.1 cm³/mol. The fourth-order valence-corrected chi connectivity index (χ4v) is 4.28. The molecule has 0 bridgehead atoms. The molecule has 1 aliphatic rings. The van der Waals surface area contributed by atoms with Gasteiger partial charge < -0.3 is 14.8 Å². The molecule has 6 heteroatoms. The summed E-state index contributed by atoms with van der Waals surface area (Å²) >= 11 is 1.53. The number of carbonyl (C=O) groups excluding carboxylic acids is 2. The number of rotatable bonds is 3. The SMILES string of the molecule is COC(=O)[C@]1(SC(C)(C)C)CN[C@](C)(C(=O)OC)C1. The first-order valence-electron chi connectivity index (χ1n) is 6.21. The summed E-state index contributed by atoms with van der Waals surface area (Å²) in [6, 6.07) is 0. The van der Waals surface area contributed by atoms with Gasteiger partial charge in [-0.25, -0.2) is 0 Å². The van der Waals surface area contributed by atoms with Crippen LogP contribution in [0.2, 0.25) is 0 Å². The molecule has 1 N–H and O–H groups in total. The Hall–Kier alpha value is -0.750. The van der Waals surface area contributed by atoms with Crippen molar-refractivity contribution in [1.29, 1.82) is 0 Å². The van der Waals surface area contributed by atoms with Crippen molar-refractivity contribution in [2.45, 2.75) is 49.1 Å². The molecule has 0 aromatic carbocycles. The zero-order valence-electron chi connectivity index (χ0n) is 12.5. The Morgan fingerprint density at radius 1 is 1.16 bits per heavy atom. The van der Waals surface area contributed by atoms with Gasteiger partial charge in [0.15, 0.2) is 0 Å². The average Bonchev–Trinajstić information content (AvgIpc) is 2.64. The molecule has 0 unspecified atom stereocenters. The highest BCUT2D eigenvalue weighted by atomic mass is 32.2. The lowest BCUT2D eigenvalue weighted by Gasteiger charge is -2.32. The zero-order valence-corrected chi connectivity index (χ0v) is 13.3. The molecule has 1 saturated heterocycles. The maximum Gasteiger partial charge on any atom is 0.325 e. The van der Waals surface area contributed by atoms with E-state index in [9.17, 15) is 9.59 Å². The van der Waals surface area contributed by atoms with Crippen LogP contribution in [0.15, 0.2) is 0 Å². The number of thioether (sulfide) groups is 1. The molecule has 5 nitrogen and oxygen atoms in total. The van der Waals surface area contributed by atoms with Crippen LogP contribution in [0.3, 0.4) is 0 Å². The normalized spacial score (nSPS) is 31.1. The first-order valence-corrected chi connectivity index (χ1v) is 7.02. The number of nitrogens with one attached hydrogen (secondary N) is 1. The summed E-state index contributed by atoms with van der Waals surface area (Å²) in [7, 11) is 2.73. The maximum atomic E-state index is 12.2. The van der Waals surface area contributed by atoms with Gasteiger partial charge in [-0.1, -0.05) is 20.8 Å². The Bertz CT molecular complexity index is 379. The first kappa shape index (κ1) is 16.3. The molecule has 0 aliphatic carbocycles. The van der Waals surface area contributed by atoms with Crippen LogP contribution in [0, 0.1) is 0 Å². The maximum absolute atomic E-state index is 12.2. The smallest absolute Gasteiger partial charge is 0.325 e. The Morgan fingerprint density at radius 2 is 1.68 bits per heavy atom. The van der Waals surface area contributed by atoms with Gasteiger partial charge in [-0.15, -0.1) is 11.8 Å². The van der Waals surface area contributed by atoms with Crippen LogP contribution in [-0.4, -0.2) is 47.7 Å². The molecule has 1 heterocycles. The van der Waals surface area contributed by atoms with Gasteiger partial charge in [0.1, 0.15) is 10.3 Å². The number of carbonyl (C=O) groups is 2. The van der Waals surface area contributed by atoms with Gasteiger partial charge in [-0.3, -0.25) is 9.59 Å². The van der Waals surface area contributed by atoms with E-state index in [1.54, 1.807) is 6.92 Å². The van der Waals surface area contributed by atoms with E-state index in [0.717, 1.165) is 0 Å². The van der Waals surface area contributed by atoms with Crippen molar-refractivity contribution in [1.82, 2.24) is 5.32 Å². The molecule has 19 heavy (non-hydrogen) atoms. The summed E-state index contributed by atoms with van der Waals surface area (Å²) in [5.74, 6) is -0.652. The number of hydrogen-bond acceptors (Lipinski definition) is 6. The summed E-state index contributed by atoms with van der Waals surface area (Å²) in [6.07, 6.45) is 0.362. The summed E-state index contributed by atoms with van der Waals surface area (Å²) in [5, 5.41) is 3.12. The van der Waals surface area contributed by atoms with E-state index in [4.69, 9.17) is 9.47 Å². The van der Waals surface area contributed by atoms with Gasteiger partial charge in [-0.2, -0.15) is 0 Å².